The van der Waals surface area contributed by atoms with Crippen LogP contribution in [0.3, 0.4) is 0 Å². The predicted octanol–water partition coefficient (Wildman–Crippen LogP) is 2.91. The minimum Gasteiger partial charge on any atom is -0.380 e. The molecule has 1 aromatic rings. The van der Waals surface area contributed by atoms with Gasteiger partial charge in [-0.15, -0.1) is 0 Å². The Morgan fingerprint density at radius 2 is 2.23 bits per heavy atom. The van der Waals surface area contributed by atoms with Gasteiger partial charge in [0.15, 0.2) is 0 Å². The first-order valence-corrected chi connectivity index (χ1v) is 8.20. The van der Waals surface area contributed by atoms with E-state index in [1.54, 1.807) is 7.11 Å². The molecule has 2 aliphatic carbocycles. The van der Waals surface area contributed by atoms with Gasteiger partial charge in [-0.2, -0.15) is 0 Å². The van der Waals surface area contributed by atoms with Crippen molar-refractivity contribution in [1.29, 1.82) is 0 Å². The smallest absolute Gasteiger partial charge is 0.251 e. The molecule has 2 atom stereocenters. The summed E-state index contributed by atoms with van der Waals surface area (Å²) in [6.45, 7) is 3.33. The van der Waals surface area contributed by atoms with Crippen molar-refractivity contribution in [3.8, 4) is 0 Å². The van der Waals surface area contributed by atoms with E-state index < -0.39 is 0 Å². The van der Waals surface area contributed by atoms with E-state index in [9.17, 15) is 4.79 Å². The highest BCUT2D eigenvalue weighted by Crippen LogP contribution is 2.57. The lowest BCUT2D eigenvalue weighted by Gasteiger charge is -2.61. The van der Waals surface area contributed by atoms with Gasteiger partial charge in [-0.3, -0.25) is 4.79 Å². The number of carbonyl (C=O) groups is 1. The minimum absolute atomic E-state index is 0.0178. The maximum Gasteiger partial charge on any atom is 0.251 e. The van der Waals surface area contributed by atoms with E-state index >= 15 is 0 Å². The van der Waals surface area contributed by atoms with Crippen LogP contribution in [0.5, 0.6) is 0 Å². The van der Waals surface area contributed by atoms with Gasteiger partial charge in [0, 0.05) is 30.7 Å². The van der Waals surface area contributed by atoms with Crippen LogP contribution in [0, 0.1) is 5.41 Å². The Labute approximate surface area is 132 Å². The molecule has 0 aliphatic heterocycles. The van der Waals surface area contributed by atoms with Crippen LogP contribution in [0.25, 0.3) is 0 Å². The fourth-order valence-corrected chi connectivity index (χ4v) is 3.85. The molecule has 0 bridgehead atoms. The Kier molecular flexibility index (Phi) is 4.50. The van der Waals surface area contributed by atoms with Gasteiger partial charge < -0.3 is 14.8 Å². The molecule has 1 spiro atoms. The fourth-order valence-electron chi connectivity index (χ4n) is 3.85. The summed E-state index contributed by atoms with van der Waals surface area (Å²) in [5.41, 5.74) is 1.94. The van der Waals surface area contributed by atoms with Crippen LogP contribution < -0.4 is 5.32 Å². The molecule has 0 aromatic heterocycles. The first-order chi connectivity index (χ1) is 10.7. The molecule has 120 valence electrons. The minimum atomic E-state index is 0.0178. The second kappa shape index (κ2) is 6.39. The zero-order chi connectivity index (χ0) is 15.6. The van der Waals surface area contributed by atoms with Crippen LogP contribution in [0.1, 0.15) is 48.5 Å². The molecule has 4 nitrogen and oxygen atoms in total. The third kappa shape index (κ3) is 2.66. The van der Waals surface area contributed by atoms with Crippen LogP contribution >= 0.6 is 0 Å². The number of nitrogens with one attached hydrogen (secondary N) is 1. The van der Waals surface area contributed by atoms with E-state index in [4.69, 9.17) is 9.47 Å². The Balaban J connectivity index is 1.64. The number of rotatable bonds is 6. The molecular formula is C18H25NO3. The van der Waals surface area contributed by atoms with E-state index in [1.165, 1.54) is 19.3 Å². The van der Waals surface area contributed by atoms with Crippen LogP contribution in [-0.2, 0) is 16.1 Å². The van der Waals surface area contributed by atoms with Crippen molar-refractivity contribution in [2.45, 2.75) is 51.4 Å². The van der Waals surface area contributed by atoms with Crippen molar-refractivity contribution in [3.05, 3.63) is 35.4 Å². The second-order valence-electron chi connectivity index (χ2n) is 6.43. The zero-order valence-corrected chi connectivity index (χ0v) is 13.4. The standard InChI is InChI=1S/C18H25NO3/c1-3-22-16-11-15(18(16)8-5-9-18)19-17(20)14-7-4-6-13(10-14)12-21-2/h4,6-7,10,15-16H,3,5,8-9,11-12H2,1-2H3,(H,19,20)/t15-,16-/m0/s1. The molecule has 2 saturated carbocycles. The molecule has 22 heavy (non-hydrogen) atoms. The SMILES string of the molecule is CCO[C@H]1C[C@H](NC(=O)c2cccc(COC)c2)C12CCC2. The molecule has 1 amide bonds. The van der Waals surface area contributed by atoms with Crippen LogP contribution in [0.15, 0.2) is 24.3 Å². The van der Waals surface area contributed by atoms with Crippen LogP contribution in [0.2, 0.25) is 0 Å². The molecule has 1 N–H and O–H groups in total. The molecule has 2 fully saturated rings. The van der Waals surface area contributed by atoms with E-state index in [-0.39, 0.29) is 17.4 Å². The van der Waals surface area contributed by atoms with Crippen LogP contribution in [0.4, 0.5) is 0 Å². The summed E-state index contributed by atoms with van der Waals surface area (Å²) >= 11 is 0. The highest BCUT2D eigenvalue weighted by Gasteiger charge is 2.59. The van der Waals surface area contributed by atoms with E-state index in [1.807, 2.05) is 31.2 Å². The number of amides is 1. The van der Waals surface area contributed by atoms with E-state index in [2.05, 4.69) is 5.32 Å². The molecule has 3 rings (SSSR count). The number of carbonyl (C=O) groups excluding carboxylic acids is 1. The number of hydrogen-bond donors (Lipinski definition) is 1. The molecule has 2 aliphatic rings. The third-order valence-electron chi connectivity index (χ3n) is 5.24. The highest BCUT2D eigenvalue weighted by molar-refractivity contribution is 5.94. The average Bonchev–Trinajstić information content (AvgIpc) is 2.45. The first kappa shape index (κ1) is 15.5. The van der Waals surface area contributed by atoms with Gasteiger partial charge in [0.2, 0.25) is 0 Å². The largest absolute Gasteiger partial charge is 0.380 e. The monoisotopic (exact) mass is 303 g/mol. The first-order valence-electron chi connectivity index (χ1n) is 8.20. The van der Waals surface area contributed by atoms with E-state index in [0.29, 0.717) is 18.3 Å². The van der Waals surface area contributed by atoms with Crippen molar-refractivity contribution in [2.24, 2.45) is 5.41 Å². The number of ether oxygens (including phenoxy) is 2. The summed E-state index contributed by atoms with van der Waals surface area (Å²) in [6, 6.07) is 7.91. The third-order valence-corrected chi connectivity index (χ3v) is 5.24. The number of benzene rings is 1. The van der Waals surface area contributed by atoms with Gasteiger partial charge >= 0.3 is 0 Å². The van der Waals surface area contributed by atoms with Crippen molar-refractivity contribution in [2.75, 3.05) is 13.7 Å². The zero-order valence-electron chi connectivity index (χ0n) is 13.4. The lowest BCUT2D eigenvalue weighted by molar-refractivity contribution is -0.169. The molecule has 4 heteroatoms. The topological polar surface area (TPSA) is 47.6 Å². The van der Waals surface area contributed by atoms with Crippen LogP contribution in [-0.4, -0.2) is 31.8 Å². The lowest BCUT2D eigenvalue weighted by Crippen LogP contribution is -2.67. The van der Waals surface area contributed by atoms with Gasteiger partial charge in [-0.1, -0.05) is 18.6 Å². The Morgan fingerprint density at radius 3 is 2.86 bits per heavy atom. The molecule has 0 unspecified atom stereocenters. The number of hydrogen-bond acceptors (Lipinski definition) is 3. The molecular weight excluding hydrogens is 278 g/mol. The van der Waals surface area contributed by atoms with Crippen molar-refractivity contribution in [1.82, 2.24) is 5.32 Å². The summed E-state index contributed by atoms with van der Waals surface area (Å²) in [5.74, 6) is 0.0178. The lowest BCUT2D eigenvalue weighted by atomic mass is 9.51. The Morgan fingerprint density at radius 1 is 1.41 bits per heavy atom. The molecule has 0 heterocycles. The van der Waals surface area contributed by atoms with Gasteiger partial charge in [0.1, 0.15) is 0 Å². The van der Waals surface area contributed by atoms with Crippen molar-refractivity contribution in [3.63, 3.8) is 0 Å². The summed E-state index contributed by atoms with van der Waals surface area (Å²) in [7, 11) is 1.66. The molecule has 0 radical (unpaired) electrons. The predicted molar refractivity (Wildman–Crippen MR) is 84.7 cm³/mol. The average molecular weight is 303 g/mol. The van der Waals surface area contributed by atoms with Crippen molar-refractivity contribution >= 4 is 5.91 Å². The maximum absolute atomic E-state index is 12.5. The maximum atomic E-state index is 12.5. The summed E-state index contributed by atoms with van der Waals surface area (Å²) in [6.07, 6.45) is 4.87. The van der Waals surface area contributed by atoms with Gasteiger partial charge in [0.25, 0.3) is 5.91 Å². The second-order valence-corrected chi connectivity index (χ2v) is 6.43. The van der Waals surface area contributed by atoms with Gasteiger partial charge in [-0.25, -0.2) is 0 Å². The number of methoxy groups -OCH3 is 1. The normalized spacial score (nSPS) is 25.4. The quantitative estimate of drug-likeness (QED) is 0.879. The fraction of sp³-hybridized carbons (Fsp3) is 0.611. The van der Waals surface area contributed by atoms with Gasteiger partial charge in [-0.05, 0) is 43.9 Å². The highest BCUT2D eigenvalue weighted by atomic mass is 16.5. The summed E-state index contributed by atoms with van der Waals surface area (Å²) in [4.78, 5) is 12.5. The summed E-state index contributed by atoms with van der Waals surface area (Å²) in [5, 5.41) is 3.22. The molecule has 0 saturated heterocycles. The van der Waals surface area contributed by atoms with Crippen molar-refractivity contribution < 1.29 is 14.3 Å². The van der Waals surface area contributed by atoms with Gasteiger partial charge in [0.05, 0.1) is 12.7 Å². The van der Waals surface area contributed by atoms with E-state index in [0.717, 1.165) is 18.6 Å². The summed E-state index contributed by atoms with van der Waals surface area (Å²) < 4.78 is 11.0. The Hall–Kier alpha value is -1.39. The Bertz CT molecular complexity index is 539. The molecule has 1 aromatic carbocycles.